The molecule has 190 valence electrons. The third-order valence-corrected chi connectivity index (χ3v) is 9.45. The molecular formula is C26H39NO5S2. The molecule has 0 radical (unpaired) electrons. The highest BCUT2D eigenvalue weighted by Crippen LogP contribution is 2.28. The molecule has 2 rings (SSSR count). The van der Waals surface area contributed by atoms with Crippen LogP contribution in [0.5, 0.6) is 0 Å². The predicted octanol–water partition coefficient (Wildman–Crippen LogP) is 4.73. The van der Waals surface area contributed by atoms with Crippen molar-refractivity contribution in [1.29, 1.82) is 0 Å². The highest BCUT2D eigenvalue weighted by molar-refractivity contribution is 7.87. The summed E-state index contributed by atoms with van der Waals surface area (Å²) in [5, 5.41) is 23.9. The van der Waals surface area contributed by atoms with Gasteiger partial charge in [0.25, 0.3) is 0 Å². The van der Waals surface area contributed by atoms with E-state index in [2.05, 4.69) is 11.1 Å². The molecule has 1 aliphatic heterocycles. The van der Waals surface area contributed by atoms with E-state index in [1.807, 2.05) is 51.3 Å². The van der Waals surface area contributed by atoms with Gasteiger partial charge in [-0.25, -0.2) is 4.98 Å². The fraction of sp³-hybridized carbons (Fsp3) is 0.615. The van der Waals surface area contributed by atoms with Gasteiger partial charge in [-0.3, -0.25) is 9.00 Å². The Bertz CT molecular complexity index is 962. The van der Waals surface area contributed by atoms with Crippen LogP contribution in [0.15, 0.2) is 34.8 Å². The Kier molecular flexibility index (Phi) is 10.4. The van der Waals surface area contributed by atoms with Crippen LogP contribution in [-0.2, 0) is 20.3 Å². The minimum atomic E-state index is -1.59. The molecule has 1 aromatic rings. The molecule has 0 fully saturated rings. The van der Waals surface area contributed by atoms with Crippen molar-refractivity contribution in [3.63, 3.8) is 0 Å². The largest absolute Gasteiger partial charge is 0.457 e. The van der Waals surface area contributed by atoms with E-state index in [-0.39, 0.29) is 12.3 Å². The number of aliphatic hydroxyl groups is 2. The van der Waals surface area contributed by atoms with Crippen molar-refractivity contribution in [2.45, 2.75) is 96.0 Å². The lowest BCUT2D eigenvalue weighted by Crippen LogP contribution is -2.48. The molecule has 1 aromatic heterocycles. The van der Waals surface area contributed by atoms with Crippen LogP contribution in [0.25, 0.3) is 6.08 Å². The minimum absolute atomic E-state index is 0.197. The highest BCUT2D eigenvalue weighted by atomic mass is 32.2. The summed E-state index contributed by atoms with van der Waals surface area (Å²) >= 11 is 1.56. The summed E-state index contributed by atoms with van der Waals surface area (Å²) in [7, 11) is -1.59. The first-order valence-corrected chi connectivity index (χ1v) is 13.8. The Labute approximate surface area is 210 Å². The van der Waals surface area contributed by atoms with Gasteiger partial charge in [-0.15, -0.1) is 11.3 Å². The molecular weight excluding hydrogens is 470 g/mol. The van der Waals surface area contributed by atoms with E-state index in [1.54, 1.807) is 32.1 Å². The van der Waals surface area contributed by atoms with Gasteiger partial charge >= 0.3 is 5.97 Å². The average molecular weight is 510 g/mol. The predicted molar refractivity (Wildman–Crippen MR) is 140 cm³/mol. The molecule has 1 aliphatic rings. The lowest BCUT2D eigenvalue weighted by molar-refractivity contribution is -0.149. The quantitative estimate of drug-likeness (QED) is 0.442. The number of carbonyl (C=O) groups is 1. The van der Waals surface area contributed by atoms with Gasteiger partial charge in [0, 0.05) is 28.5 Å². The zero-order valence-corrected chi connectivity index (χ0v) is 22.9. The van der Waals surface area contributed by atoms with E-state index in [1.165, 1.54) is 0 Å². The van der Waals surface area contributed by atoms with Crippen LogP contribution in [0, 0.1) is 12.8 Å². The number of aromatic nitrogens is 1. The number of aliphatic hydroxyl groups excluding tert-OH is 2. The van der Waals surface area contributed by atoms with Gasteiger partial charge in [-0.1, -0.05) is 30.7 Å². The molecule has 0 saturated carbocycles. The first-order valence-electron chi connectivity index (χ1n) is 11.7. The zero-order chi connectivity index (χ0) is 25.6. The van der Waals surface area contributed by atoms with Crippen LogP contribution in [0.3, 0.4) is 0 Å². The second-order valence-corrected chi connectivity index (χ2v) is 13.2. The van der Waals surface area contributed by atoms with Crippen LogP contribution >= 0.6 is 11.3 Å². The van der Waals surface area contributed by atoms with Crippen LogP contribution in [0.2, 0.25) is 0 Å². The lowest BCUT2D eigenvalue weighted by atomic mass is 10.00. The van der Waals surface area contributed by atoms with Crippen molar-refractivity contribution in [2.75, 3.05) is 0 Å². The van der Waals surface area contributed by atoms with E-state index in [9.17, 15) is 19.2 Å². The third-order valence-electron chi connectivity index (χ3n) is 6.39. The normalized spacial score (nSPS) is 34.7. The van der Waals surface area contributed by atoms with Crippen molar-refractivity contribution in [2.24, 2.45) is 5.92 Å². The summed E-state index contributed by atoms with van der Waals surface area (Å²) in [6, 6.07) is 0. The Morgan fingerprint density at radius 2 is 1.97 bits per heavy atom. The monoisotopic (exact) mass is 509 g/mol. The van der Waals surface area contributed by atoms with Crippen molar-refractivity contribution >= 4 is 34.2 Å². The molecule has 0 saturated heterocycles. The number of thiazole rings is 1. The number of esters is 1. The van der Waals surface area contributed by atoms with Gasteiger partial charge in [-0.2, -0.15) is 0 Å². The van der Waals surface area contributed by atoms with Gasteiger partial charge in [0.2, 0.25) is 0 Å². The number of rotatable bonds is 2. The van der Waals surface area contributed by atoms with Crippen LogP contribution < -0.4 is 0 Å². The molecule has 2 heterocycles. The van der Waals surface area contributed by atoms with E-state index >= 15 is 0 Å². The molecule has 0 spiro atoms. The number of aryl methyl sites for hydroxylation is 1. The van der Waals surface area contributed by atoms with Crippen molar-refractivity contribution in [3.05, 3.63) is 45.5 Å². The summed E-state index contributed by atoms with van der Waals surface area (Å²) in [6.07, 6.45) is 6.32. The third kappa shape index (κ3) is 7.70. The topological polar surface area (TPSA) is 96.7 Å². The second-order valence-electron chi connectivity index (χ2n) is 9.75. The number of allylic oxidation sites excluding steroid dienone is 2. The molecule has 6 atom stereocenters. The molecule has 2 unspecified atom stereocenters. The maximum atomic E-state index is 13.3. The molecule has 0 aliphatic carbocycles. The lowest BCUT2D eigenvalue weighted by Gasteiger charge is -2.34. The van der Waals surface area contributed by atoms with Gasteiger partial charge < -0.3 is 14.9 Å². The molecule has 6 nitrogen and oxygen atoms in total. The Balaban J connectivity index is 2.37. The number of hydrogen-bond acceptors (Lipinski definition) is 7. The summed E-state index contributed by atoms with van der Waals surface area (Å²) < 4.78 is 18.0. The fourth-order valence-electron chi connectivity index (χ4n) is 3.85. The first kappa shape index (κ1) is 28.6. The SMILES string of the molecule is C/C1=C/C[C@@H](/C(C)=C/c2csc(C)n2)OC(=O)C[C@H](O)C(C)(C)S(=O)C(C)[C@@H](O)[C@@H](C)/C=C\C1. The summed E-state index contributed by atoms with van der Waals surface area (Å²) in [5.74, 6) is -0.749. The van der Waals surface area contributed by atoms with Gasteiger partial charge in [0.15, 0.2) is 0 Å². The van der Waals surface area contributed by atoms with Gasteiger partial charge in [0.05, 0.1) is 39.3 Å². The van der Waals surface area contributed by atoms with Gasteiger partial charge in [0.1, 0.15) is 6.10 Å². The van der Waals surface area contributed by atoms with Crippen LogP contribution in [0.1, 0.15) is 71.5 Å². The molecule has 0 amide bonds. The van der Waals surface area contributed by atoms with Crippen LogP contribution in [0.4, 0.5) is 0 Å². The molecule has 0 bridgehead atoms. The molecule has 8 heteroatoms. The number of ether oxygens (including phenoxy) is 1. The van der Waals surface area contributed by atoms with Crippen molar-refractivity contribution < 1.29 is 24.0 Å². The average Bonchev–Trinajstić information content (AvgIpc) is 3.18. The Morgan fingerprint density at radius 1 is 1.29 bits per heavy atom. The van der Waals surface area contributed by atoms with Crippen molar-refractivity contribution in [3.8, 4) is 0 Å². The standard InChI is InChI=1S/C26H39NO5S2/c1-16-9-8-10-17(2)25(30)19(4)34(31)26(6,7)23(28)14-24(29)32-22(12-11-16)18(3)13-21-15-33-20(5)27-21/h8,10-11,13,15,17,19,22-23,25,28,30H,9,12,14H2,1-7H3/b10-8-,16-11-,18-13+/t17-,19?,22-,23-,25-,34?/m0/s1. The number of nitrogens with zero attached hydrogens (tertiary/aromatic N) is 1. The fourth-order valence-corrected chi connectivity index (χ4v) is 6.23. The van der Waals surface area contributed by atoms with E-state index in [0.29, 0.717) is 12.8 Å². The molecule has 34 heavy (non-hydrogen) atoms. The zero-order valence-electron chi connectivity index (χ0n) is 21.3. The van der Waals surface area contributed by atoms with Crippen LogP contribution in [-0.4, -0.2) is 53.7 Å². The number of cyclic esters (lactones) is 1. The number of carbonyl (C=O) groups excluding carboxylic acids is 1. The first-order chi connectivity index (χ1) is 15.8. The smallest absolute Gasteiger partial charge is 0.309 e. The minimum Gasteiger partial charge on any atom is -0.457 e. The summed E-state index contributed by atoms with van der Waals surface area (Å²) in [4.78, 5) is 17.3. The Morgan fingerprint density at radius 3 is 2.59 bits per heavy atom. The van der Waals surface area contributed by atoms with Gasteiger partial charge in [-0.05, 0) is 59.6 Å². The van der Waals surface area contributed by atoms with E-state index in [0.717, 1.165) is 21.8 Å². The maximum Gasteiger partial charge on any atom is 0.309 e. The van der Waals surface area contributed by atoms with E-state index < -0.39 is 45.1 Å². The number of hydrogen-bond donors (Lipinski definition) is 2. The second kappa shape index (κ2) is 12.4. The summed E-state index contributed by atoms with van der Waals surface area (Å²) in [5.41, 5.74) is 2.80. The summed E-state index contributed by atoms with van der Waals surface area (Å²) in [6.45, 7) is 12.8. The molecule has 0 aromatic carbocycles. The van der Waals surface area contributed by atoms with E-state index in [4.69, 9.17) is 4.74 Å². The Hall–Kier alpha value is -1.61. The molecule has 2 N–H and O–H groups in total. The highest BCUT2D eigenvalue weighted by Gasteiger charge is 2.41. The maximum absolute atomic E-state index is 13.3. The van der Waals surface area contributed by atoms with Crippen molar-refractivity contribution in [1.82, 2.24) is 4.98 Å².